The van der Waals surface area contributed by atoms with Crippen LogP contribution in [0, 0.1) is 0 Å². The van der Waals surface area contributed by atoms with Gasteiger partial charge in [-0.1, -0.05) is 159 Å². The quantitative estimate of drug-likeness (QED) is 0.178. The van der Waals surface area contributed by atoms with E-state index in [-0.39, 0.29) is 5.41 Å². The maximum Gasteiger partial charge on any atom is 0.164 e. The molecule has 264 valence electrons. The minimum Gasteiger partial charge on any atom is -0.456 e. The molecule has 10 aromatic rings. The fourth-order valence-electron chi connectivity index (χ4n) is 8.71. The molecule has 0 radical (unpaired) electrons. The Kier molecular flexibility index (Phi) is 7.17. The van der Waals surface area contributed by atoms with Gasteiger partial charge in [0.15, 0.2) is 17.5 Å². The van der Waals surface area contributed by atoms with Crippen LogP contribution in [0.1, 0.15) is 25.0 Å². The first-order valence-electron chi connectivity index (χ1n) is 19.1. The Morgan fingerprint density at radius 1 is 0.393 bits per heavy atom. The highest BCUT2D eigenvalue weighted by Gasteiger charge is 2.36. The summed E-state index contributed by atoms with van der Waals surface area (Å²) in [4.78, 5) is 15.0. The van der Waals surface area contributed by atoms with E-state index < -0.39 is 0 Å². The van der Waals surface area contributed by atoms with Gasteiger partial charge in [-0.25, -0.2) is 15.0 Å². The van der Waals surface area contributed by atoms with Crippen LogP contribution < -0.4 is 0 Å². The van der Waals surface area contributed by atoms with Crippen LogP contribution in [0.3, 0.4) is 0 Å². The van der Waals surface area contributed by atoms with Crippen molar-refractivity contribution in [3.8, 4) is 67.5 Å². The van der Waals surface area contributed by atoms with Gasteiger partial charge in [-0.05, 0) is 85.6 Å². The SMILES string of the molecule is CC1(C)c2ccccc2-c2c(-c3ccc4cc(-c5ccc6oc7cccc(-c8nc(-c9ccccc9)nc(-c9ccccc9)n8)c7c6c5)ccc4c3)cccc21. The highest BCUT2D eigenvalue weighted by molar-refractivity contribution is 6.13. The van der Waals surface area contributed by atoms with Gasteiger partial charge in [-0.3, -0.25) is 0 Å². The number of hydrogen-bond donors (Lipinski definition) is 0. The maximum atomic E-state index is 6.46. The van der Waals surface area contributed by atoms with Crippen molar-refractivity contribution in [3.63, 3.8) is 0 Å². The van der Waals surface area contributed by atoms with Crippen molar-refractivity contribution >= 4 is 32.7 Å². The summed E-state index contributed by atoms with van der Waals surface area (Å²) in [5.74, 6) is 1.86. The summed E-state index contributed by atoms with van der Waals surface area (Å²) in [6, 6.07) is 62.0. The summed E-state index contributed by atoms with van der Waals surface area (Å²) >= 11 is 0. The molecule has 0 unspecified atom stereocenters. The highest BCUT2D eigenvalue weighted by atomic mass is 16.3. The Morgan fingerprint density at radius 2 is 0.946 bits per heavy atom. The van der Waals surface area contributed by atoms with Crippen molar-refractivity contribution in [2.24, 2.45) is 0 Å². The molecule has 4 nitrogen and oxygen atoms in total. The third-order valence-corrected chi connectivity index (χ3v) is 11.5. The second-order valence-electron chi connectivity index (χ2n) is 15.2. The second-order valence-corrected chi connectivity index (χ2v) is 15.2. The minimum atomic E-state index is -0.0304. The van der Waals surface area contributed by atoms with E-state index in [0.717, 1.165) is 49.8 Å². The Bertz CT molecular complexity index is 3100. The molecule has 2 heterocycles. The molecular formula is C52H35N3O. The van der Waals surface area contributed by atoms with Gasteiger partial charge in [0, 0.05) is 32.9 Å². The summed E-state index contributed by atoms with van der Waals surface area (Å²) in [5.41, 5.74) is 14.6. The van der Waals surface area contributed by atoms with Crippen molar-refractivity contribution in [1.82, 2.24) is 15.0 Å². The molecule has 0 bridgehead atoms. The summed E-state index contributed by atoms with van der Waals surface area (Å²) in [7, 11) is 0. The van der Waals surface area contributed by atoms with Gasteiger partial charge < -0.3 is 4.42 Å². The standard InChI is InChI=1S/C52H35N3O/c1-52(2)43-20-10-9-17-40(43)47-39(18-11-21-44(47)52)38-26-25-34-29-35(23-24-36(34)30-38)37-27-28-45-42(31-37)48-41(19-12-22-46(48)56-45)51-54-49(32-13-5-3-6-14-32)53-50(55-51)33-15-7-4-8-16-33/h3-31H,1-2H3. The minimum absolute atomic E-state index is 0.0304. The fraction of sp³-hybridized carbons (Fsp3) is 0.0577. The molecule has 8 aromatic carbocycles. The molecule has 0 atom stereocenters. The van der Waals surface area contributed by atoms with Crippen LogP contribution in [0.5, 0.6) is 0 Å². The largest absolute Gasteiger partial charge is 0.456 e. The zero-order chi connectivity index (χ0) is 37.4. The Balaban J connectivity index is 1.01. The van der Waals surface area contributed by atoms with Crippen LogP contribution in [0.25, 0.3) is 100 Å². The normalized spacial score (nSPS) is 13.0. The topological polar surface area (TPSA) is 51.8 Å². The molecule has 0 N–H and O–H groups in total. The Hall–Kier alpha value is -7.17. The number of aromatic nitrogens is 3. The molecule has 0 saturated heterocycles. The zero-order valence-corrected chi connectivity index (χ0v) is 31.0. The molecule has 2 aromatic heterocycles. The van der Waals surface area contributed by atoms with E-state index in [2.05, 4.69) is 117 Å². The molecule has 1 aliphatic rings. The van der Waals surface area contributed by atoms with E-state index >= 15 is 0 Å². The van der Waals surface area contributed by atoms with Crippen LogP contribution in [-0.4, -0.2) is 15.0 Å². The first kappa shape index (κ1) is 32.3. The van der Waals surface area contributed by atoms with E-state index in [0.29, 0.717) is 17.5 Å². The zero-order valence-electron chi connectivity index (χ0n) is 31.0. The van der Waals surface area contributed by atoms with E-state index in [1.165, 1.54) is 44.2 Å². The van der Waals surface area contributed by atoms with Crippen molar-refractivity contribution in [3.05, 3.63) is 187 Å². The number of rotatable bonds is 5. The van der Waals surface area contributed by atoms with Crippen LogP contribution in [0.15, 0.2) is 180 Å². The van der Waals surface area contributed by atoms with E-state index in [1.807, 2.05) is 72.8 Å². The summed E-state index contributed by atoms with van der Waals surface area (Å²) in [5, 5.41) is 4.42. The van der Waals surface area contributed by atoms with Crippen LogP contribution in [0.2, 0.25) is 0 Å². The lowest BCUT2D eigenvalue weighted by molar-refractivity contribution is 0.660. The van der Waals surface area contributed by atoms with E-state index in [4.69, 9.17) is 19.4 Å². The monoisotopic (exact) mass is 717 g/mol. The van der Waals surface area contributed by atoms with Gasteiger partial charge in [0.1, 0.15) is 11.2 Å². The molecule has 0 aliphatic heterocycles. The van der Waals surface area contributed by atoms with Gasteiger partial charge in [-0.2, -0.15) is 0 Å². The first-order chi connectivity index (χ1) is 27.5. The predicted octanol–water partition coefficient (Wildman–Crippen LogP) is 13.6. The summed E-state index contributed by atoms with van der Waals surface area (Å²) in [6.45, 7) is 4.68. The van der Waals surface area contributed by atoms with Crippen molar-refractivity contribution in [2.45, 2.75) is 19.3 Å². The molecule has 4 heteroatoms. The Morgan fingerprint density at radius 3 is 1.70 bits per heavy atom. The van der Waals surface area contributed by atoms with Crippen molar-refractivity contribution in [2.75, 3.05) is 0 Å². The van der Waals surface area contributed by atoms with Crippen molar-refractivity contribution in [1.29, 1.82) is 0 Å². The molecule has 11 rings (SSSR count). The second kappa shape index (κ2) is 12.4. The summed E-state index contributed by atoms with van der Waals surface area (Å²) < 4.78 is 6.46. The average Bonchev–Trinajstić information content (AvgIpc) is 3.75. The number of benzene rings is 8. The van der Waals surface area contributed by atoms with Crippen LogP contribution in [-0.2, 0) is 5.41 Å². The number of hydrogen-bond acceptors (Lipinski definition) is 4. The van der Waals surface area contributed by atoms with Gasteiger partial charge in [-0.15, -0.1) is 0 Å². The molecule has 0 fully saturated rings. The number of furan rings is 1. The fourth-order valence-corrected chi connectivity index (χ4v) is 8.71. The van der Waals surface area contributed by atoms with Crippen LogP contribution in [0.4, 0.5) is 0 Å². The highest BCUT2D eigenvalue weighted by Crippen LogP contribution is 2.52. The Labute approximate surface area is 324 Å². The molecule has 0 spiro atoms. The number of nitrogens with zero attached hydrogens (tertiary/aromatic N) is 3. The average molecular weight is 718 g/mol. The molecule has 0 amide bonds. The maximum absolute atomic E-state index is 6.46. The lowest BCUT2D eigenvalue weighted by Crippen LogP contribution is -2.14. The van der Waals surface area contributed by atoms with Gasteiger partial charge in [0.05, 0.1) is 0 Å². The van der Waals surface area contributed by atoms with E-state index in [9.17, 15) is 0 Å². The van der Waals surface area contributed by atoms with E-state index in [1.54, 1.807) is 0 Å². The lowest BCUT2D eigenvalue weighted by Gasteiger charge is -2.21. The third-order valence-electron chi connectivity index (χ3n) is 11.5. The predicted molar refractivity (Wildman–Crippen MR) is 229 cm³/mol. The lowest BCUT2D eigenvalue weighted by atomic mass is 9.82. The smallest absolute Gasteiger partial charge is 0.164 e. The molecular weight excluding hydrogens is 683 g/mol. The van der Waals surface area contributed by atoms with Crippen LogP contribution >= 0.6 is 0 Å². The molecule has 56 heavy (non-hydrogen) atoms. The summed E-state index contributed by atoms with van der Waals surface area (Å²) in [6.07, 6.45) is 0. The van der Waals surface area contributed by atoms with Gasteiger partial charge in [0.25, 0.3) is 0 Å². The van der Waals surface area contributed by atoms with Crippen molar-refractivity contribution < 1.29 is 4.42 Å². The van der Waals surface area contributed by atoms with Gasteiger partial charge >= 0.3 is 0 Å². The third kappa shape index (κ3) is 5.10. The first-order valence-corrected chi connectivity index (χ1v) is 19.1. The molecule has 0 saturated carbocycles. The number of fused-ring (bicyclic) bond motifs is 7. The molecule has 1 aliphatic carbocycles. The van der Waals surface area contributed by atoms with Gasteiger partial charge in [0.2, 0.25) is 0 Å².